The van der Waals surface area contributed by atoms with Crippen molar-refractivity contribution in [1.82, 2.24) is 15.3 Å². The first-order chi connectivity index (χ1) is 15.5. The number of piperidine rings is 2. The molecule has 3 atom stereocenters. The van der Waals surface area contributed by atoms with Crippen molar-refractivity contribution in [3.63, 3.8) is 0 Å². The Morgan fingerprint density at radius 1 is 0.969 bits per heavy atom. The molecule has 6 nitrogen and oxygen atoms in total. The minimum atomic E-state index is 0.102. The molecule has 0 amide bonds. The van der Waals surface area contributed by atoms with E-state index in [0.717, 1.165) is 37.8 Å². The fourth-order valence-corrected chi connectivity index (χ4v) is 5.02. The molecule has 2 aromatic rings. The highest BCUT2D eigenvalue weighted by Crippen LogP contribution is 2.28. The lowest BCUT2D eigenvalue weighted by atomic mass is 10.00. The Hall–Kier alpha value is -2.41. The molecule has 0 saturated carbocycles. The van der Waals surface area contributed by atoms with E-state index in [0.29, 0.717) is 22.9 Å². The summed E-state index contributed by atoms with van der Waals surface area (Å²) in [5, 5.41) is 7.18. The van der Waals surface area contributed by atoms with Gasteiger partial charge in [-0.3, -0.25) is 0 Å². The Kier molecular flexibility index (Phi) is 7.45. The standard InChI is InChI=1S/C25H36N6S/c1-18-9-7-13-30(16-18)22-15-23(31-14-8-10-19(2)17-31)28-24(27-22)29-25(32)26-20(3)21-11-5-4-6-12-21/h4-6,11-12,15,18-20H,7-10,13-14,16-17H2,1-3H3,(H2,26,27,28,29,32)/t18-,19-,20-/m1/s1. The number of anilines is 3. The normalized spacial score (nSPS) is 22.3. The molecular formula is C25H36N6S. The molecule has 2 aliphatic rings. The second-order valence-electron chi connectivity index (χ2n) is 9.53. The van der Waals surface area contributed by atoms with Crippen molar-refractivity contribution >= 4 is 34.9 Å². The van der Waals surface area contributed by atoms with Crippen LogP contribution in [0.25, 0.3) is 0 Å². The zero-order valence-corrected chi connectivity index (χ0v) is 20.4. The van der Waals surface area contributed by atoms with Crippen LogP contribution in [0.2, 0.25) is 0 Å². The second-order valence-corrected chi connectivity index (χ2v) is 9.93. The lowest BCUT2D eigenvalue weighted by Crippen LogP contribution is -2.37. The molecule has 2 aliphatic heterocycles. The highest BCUT2D eigenvalue weighted by atomic mass is 32.1. The molecule has 3 heterocycles. The van der Waals surface area contributed by atoms with Gasteiger partial charge in [-0.1, -0.05) is 44.2 Å². The van der Waals surface area contributed by atoms with E-state index in [1.165, 1.54) is 31.2 Å². The van der Waals surface area contributed by atoms with Gasteiger partial charge in [0, 0.05) is 32.2 Å². The van der Waals surface area contributed by atoms with Gasteiger partial charge in [0.05, 0.1) is 6.04 Å². The number of hydrogen-bond acceptors (Lipinski definition) is 5. The van der Waals surface area contributed by atoms with Crippen molar-refractivity contribution in [3.05, 3.63) is 42.0 Å². The number of benzene rings is 1. The molecule has 0 unspecified atom stereocenters. The van der Waals surface area contributed by atoms with Crippen molar-refractivity contribution in [3.8, 4) is 0 Å². The second kappa shape index (κ2) is 10.5. The van der Waals surface area contributed by atoms with Crippen molar-refractivity contribution in [2.75, 3.05) is 41.3 Å². The summed E-state index contributed by atoms with van der Waals surface area (Å²) in [5.41, 5.74) is 1.19. The van der Waals surface area contributed by atoms with E-state index < -0.39 is 0 Å². The molecule has 0 spiro atoms. The molecule has 2 saturated heterocycles. The van der Waals surface area contributed by atoms with Crippen LogP contribution in [0, 0.1) is 11.8 Å². The third-order valence-corrected chi connectivity index (χ3v) is 6.75. The van der Waals surface area contributed by atoms with Crippen LogP contribution in [0.5, 0.6) is 0 Å². The number of hydrogen-bond donors (Lipinski definition) is 2. The van der Waals surface area contributed by atoms with Gasteiger partial charge in [0.2, 0.25) is 5.95 Å². The average molecular weight is 453 g/mol. The van der Waals surface area contributed by atoms with E-state index in [-0.39, 0.29) is 6.04 Å². The van der Waals surface area contributed by atoms with Crippen LogP contribution in [0.1, 0.15) is 58.1 Å². The van der Waals surface area contributed by atoms with Crippen LogP contribution in [0.3, 0.4) is 0 Å². The number of aromatic nitrogens is 2. The van der Waals surface area contributed by atoms with Gasteiger partial charge in [0.15, 0.2) is 5.11 Å². The first-order valence-corrected chi connectivity index (χ1v) is 12.4. The summed E-state index contributed by atoms with van der Waals surface area (Å²) < 4.78 is 0. The number of nitrogens with one attached hydrogen (secondary N) is 2. The Bertz CT molecular complexity index is 864. The van der Waals surface area contributed by atoms with E-state index in [1.807, 2.05) is 18.2 Å². The fourth-order valence-electron chi connectivity index (χ4n) is 4.76. The molecule has 0 radical (unpaired) electrons. The van der Waals surface area contributed by atoms with Gasteiger partial charge in [-0.05, 0) is 62.2 Å². The quantitative estimate of drug-likeness (QED) is 0.619. The molecule has 7 heteroatoms. The van der Waals surface area contributed by atoms with Crippen LogP contribution in [-0.2, 0) is 0 Å². The molecule has 2 fully saturated rings. The van der Waals surface area contributed by atoms with Gasteiger partial charge in [0.1, 0.15) is 11.6 Å². The minimum Gasteiger partial charge on any atom is -0.356 e. The van der Waals surface area contributed by atoms with Gasteiger partial charge in [-0.2, -0.15) is 9.97 Å². The van der Waals surface area contributed by atoms with Crippen molar-refractivity contribution < 1.29 is 0 Å². The summed E-state index contributed by atoms with van der Waals surface area (Å²) in [5.74, 6) is 3.94. The zero-order chi connectivity index (χ0) is 22.5. The van der Waals surface area contributed by atoms with Gasteiger partial charge in [-0.25, -0.2) is 0 Å². The van der Waals surface area contributed by atoms with E-state index in [4.69, 9.17) is 22.2 Å². The van der Waals surface area contributed by atoms with E-state index >= 15 is 0 Å². The fraction of sp³-hybridized carbons (Fsp3) is 0.560. The number of nitrogens with zero attached hydrogens (tertiary/aromatic N) is 4. The predicted octanol–water partition coefficient (Wildman–Crippen LogP) is 5.00. The molecule has 4 rings (SSSR count). The van der Waals surface area contributed by atoms with Crippen LogP contribution in [-0.4, -0.2) is 41.3 Å². The predicted molar refractivity (Wildman–Crippen MR) is 137 cm³/mol. The van der Waals surface area contributed by atoms with E-state index in [1.54, 1.807) is 0 Å². The van der Waals surface area contributed by atoms with Crippen LogP contribution in [0.15, 0.2) is 36.4 Å². The third-order valence-electron chi connectivity index (χ3n) is 6.53. The molecule has 1 aromatic carbocycles. The molecule has 0 bridgehead atoms. The largest absolute Gasteiger partial charge is 0.356 e. The van der Waals surface area contributed by atoms with Crippen molar-refractivity contribution in [2.45, 2.75) is 52.5 Å². The molecule has 32 heavy (non-hydrogen) atoms. The Morgan fingerprint density at radius 3 is 2.06 bits per heavy atom. The lowest BCUT2D eigenvalue weighted by molar-refractivity contribution is 0.441. The van der Waals surface area contributed by atoms with Gasteiger partial charge in [0.25, 0.3) is 0 Å². The minimum absolute atomic E-state index is 0.102. The highest BCUT2D eigenvalue weighted by molar-refractivity contribution is 7.80. The summed E-state index contributed by atoms with van der Waals surface area (Å²) in [4.78, 5) is 14.6. The van der Waals surface area contributed by atoms with Crippen LogP contribution < -0.4 is 20.4 Å². The smallest absolute Gasteiger partial charge is 0.232 e. The summed E-state index contributed by atoms with van der Waals surface area (Å²) in [7, 11) is 0. The first kappa shape index (κ1) is 22.8. The Balaban J connectivity index is 1.53. The first-order valence-electron chi connectivity index (χ1n) is 12.0. The Labute approximate surface area is 197 Å². The number of rotatable bonds is 5. The molecule has 172 valence electrons. The SMILES string of the molecule is C[C@@H]1CCCN(c2cc(N3CCC[C@@H](C)C3)nc(NC(=S)N[C@H](C)c3ccccc3)n2)C1. The van der Waals surface area contributed by atoms with Crippen molar-refractivity contribution in [1.29, 1.82) is 0 Å². The summed E-state index contributed by atoms with van der Waals surface area (Å²) in [6.45, 7) is 10.9. The summed E-state index contributed by atoms with van der Waals surface area (Å²) in [6, 6.07) is 12.6. The van der Waals surface area contributed by atoms with Crippen LogP contribution >= 0.6 is 12.2 Å². The maximum Gasteiger partial charge on any atom is 0.232 e. The van der Waals surface area contributed by atoms with Crippen molar-refractivity contribution in [2.24, 2.45) is 11.8 Å². The van der Waals surface area contributed by atoms with Crippen LogP contribution in [0.4, 0.5) is 17.6 Å². The third kappa shape index (κ3) is 5.88. The lowest BCUT2D eigenvalue weighted by Gasteiger charge is -2.35. The van der Waals surface area contributed by atoms with Gasteiger partial charge in [-0.15, -0.1) is 0 Å². The molecular weight excluding hydrogens is 416 g/mol. The summed E-state index contributed by atoms with van der Waals surface area (Å²) in [6.07, 6.45) is 4.99. The average Bonchev–Trinajstić information content (AvgIpc) is 2.79. The summed E-state index contributed by atoms with van der Waals surface area (Å²) >= 11 is 5.62. The van der Waals surface area contributed by atoms with Gasteiger partial charge < -0.3 is 20.4 Å². The monoisotopic (exact) mass is 452 g/mol. The maximum atomic E-state index is 5.62. The molecule has 1 aromatic heterocycles. The maximum absolute atomic E-state index is 5.62. The Morgan fingerprint density at radius 2 is 1.53 bits per heavy atom. The molecule has 2 N–H and O–H groups in total. The van der Waals surface area contributed by atoms with E-state index in [2.05, 4.69) is 59.4 Å². The van der Waals surface area contributed by atoms with Gasteiger partial charge >= 0.3 is 0 Å². The van der Waals surface area contributed by atoms with E-state index in [9.17, 15) is 0 Å². The number of thiocarbonyl (C=S) groups is 1. The topological polar surface area (TPSA) is 56.3 Å². The zero-order valence-electron chi connectivity index (χ0n) is 19.6. The highest BCUT2D eigenvalue weighted by Gasteiger charge is 2.23. The molecule has 0 aliphatic carbocycles.